The Morgan fingerprint density at radius 3 is 2.73 bits per heavy atom. The predicted octanol–water partition coefficient (Wildman–Crippen LogP) is 3.17. The van der Waals surface area contributed by atoms with E-state index < -0.39 is 0 Å². The Morgan fingerprint density at radius 1 is 1.14 bits per heavy atom. The third-order valence-electron chi connectivity index (χ3n) is 2.88. The Labute approximate surface area is 144 Å². The molecular formula is C17H18INO3. The van der Waals surface area contributed by atoms with Crippen molar-refractivity contribution in [3.63, 3.8) is 0 Å². The monoisotopic (exact) mass is 411 g/mol. The van der Waals surface area contributed by atoms with Crippen molar-refractivity contribution in [3.8, 4) is 11.5 Å². The van der Waals surface area contributed by atoms with Crippen molar-refractivity contribution in [2.24, 2.45) is 0 Å². The number of carbonyl (C=O) groups is 1. The summed E-state index contributed by atoms with van der Waals surface area (Å²) in [7, 11) is 0. The first-order chi connectivity index (χ1) is 10.6. The molecule has 116 valence electrons. The van der Waals surface area contributed by atoms with E-state index in [1.807, 2.05) is 55.5 Å². The number of ether oxygens (including phenoxy) is 2. The quantitative estimate of drug-likeness (QED) is 0.563. The number of hydrogen-bond acceptors (Lipinski definition) is 3. The van der Waals surface area contributed by atoms with Gasteiger partial charge < -0.3 is 14.8 Å². The van der Waals surface area contributed by atoms with E-state index in [-0.39, 0.29) is 12.5 Å². The van der Waals surface area contributed by atoms with Crippen molar-refractivity contribution < 1.29 is 14.3 Å². The van der Waals surface area contributed by atoms with Crippen LogP contribution in [0.25, 0.3) is 0 Å². The van der Waals surface area contributed by atoms with Gasteiger partial charge in [-0.2, -0.15) is 0 Å². The Hall–Kier alpha value is -1.76. The molecule has 22 heavy (non-hydrogen) atoms. The molecule has 0 saturated carbocycles. The molecular weight excluding hydrogens is 393 g/mol. The number of benzene rings is 2. The van der Waals surface area contributed by atoms with Crippen molar-refractivity contribution in [2.45, 2.75) is 6.92 Å². The van der Waals surface area contributed by atoms with Gasteiger partial charge in [-0.15, -0.1) is 0 Å². The lowest BCUT2D eigenvalue weighted by Gasteiger charge is -2.10. The third kappa shape index (κ3) is 5.55. The zero-order valence-electron chi connectivity index (χ0n) is 12.3. The van der Waals surface area contributed by atoms with E-state index in [0.717, 1.165) is 14.9 Å². The van der Waals surface area contributed by atoms with Crippen LogP contribution in [0.5, 0.6) is 11.5 Å². The van der Waals surface area contributed by atoms with Gasteiger partial charge in [0.2, 0.25) is 0 Å². The Kier molecular flexibility index (Phi) is 6.51. The van der Waals surface area contributed by atoms with E-state index in [1.165, 1.54) is 0 Å². The van der Waals surface area contributed by atoms with Gasteiger partial charge in [0.15, 0.2) is 6.61 Å². The van der Waals surface area contributed by atoms with Crippen LogP contribution in [0.3, 0.4) is 0 Å². The molecule has 1 N–H and O–H groups in total. The predicted molar refractivity (Wildman–Crippen MR) is 94.3 cm³/mol. The minimum atomic E-state index is -0.160. The van der Waals surface area contributed by atoms with Crippen molar-refractivity contribution in [2.75, 3.05) is 19.8 Å². The second-order valence-corrected chi connectivity index (χ2v) is 5.90. The van der Waals surface area contributed by atoms with Gasteiger partial charge in [0.1, 0.15) is 18.1 Å². The van der Waals surface area contributed by atoms with Crippen LogP contribution in [-0.4, -0.2) is 25.7 Å². The van der Waals surface area contributed by atoms with Gasteiger partial charge in [0.05, 0.1) is 10.1 Å². The van der Waals surface area contributed by atoms with Crippen LogP contribution >= 0.6 is 22.6 Å². The van der Waals surface area contributed by atoms with Gasteiger partial charge in [-0.3, -0.25) is 4.79 Å². The molecule has 0 spiro atoms. The topological polar surface area (TPSA) is 47.6 Å². The fourth-order valence-electron chi connectivity index (χ4n) is 1.82. The summed E-state index contributed by atoms with van der Waals surface area (Å²) < 4.78 is 12.0. The SMILES string of the molecule is Cc1cccc(OCCNC(=O)COc2ccccc2I)c1. The van der Waals surface area contributed by atoms with Gasteiger partial charge in [0.25, 0.3) is 5.91 Å². The number of halogens is 1. The molecule has 2 aromatic rings. The highest BCUT2D eigenvalue weighted by Gasteiger charge is 2.04. The summed E-state index contributed by atoms with van der Waals surface area (Å²) in [6.07, 6.45) is 0. The first-order valence-corrected chi connectivity index (χ1v) is 8.06. The van der Waals surface area contributed by atoms with Crippen molar-refractivity contribution in [3.05, 3.63) is 57.7 Å². The smallest absolute Gasteiger partial charge is 0.258 e. The number of para-hydroxylation sites is 1. The van der Waals surface area contributed by atoms with Gasteiger partial charge in [-0.25, -0.2) is 0 Å². The maximum Gasteiger partial charge on any atom is 0.258 e. The lowest BCUT2D eigenvalue weighted by atomic mass is 10.2. The van der Waals surface area contributed by atoms with E-state index in [4.69, 9.17) is 9.47 Å². The molecule has 0 radical (unpaired) electrons. The molecule has 0 bridgehead atoms. The number of carbonyl (C=O) groups excluding carboxylic acids is 1. The molecule has 5 heteroatoms. The number of aryl methyl sites for hydroxylation is 1. The summed E-state index contributed by atoms with van der Waals surface area (Å²) in [5.74, 6) is 1.37. The van der Waals surface area contributed by atoms with Gasteiger partial charge in [0, 0.05) is 0 Å². The molecule has 0 heterocycles. The number of nitrogens with one attached hydrogen (secondary N) is 1. The summed E-state index contributed by atoms with van der Waals surface area (Å²) >= 11 is 2.17. The summed E-state index contributed by atoms with van der Waals surface area (Å²) in [4.78, 5) is 11.7. The van der Waals surface area contributed by atoms with Gasteiger partial charge in [-0.05, 0) is 59.3 Å². The zero-order valence-corrected chi connectivity index (χ0v) is 14.5. The standard InChI is InChI=1S/C17H18INO3/c1-13-5-4-6-14(11-13)21-10-9-19-17(20)12-22-16-8-3-2-7-15(16)18/h2-8,11H,9-10,12H2,1H3,(H,19,20). The molecule has 0 aliphatic rings. The molecule has 0 aromatic heterocycles. The highest BCUT2D eigenvalue weighted by molar-refractivity contribution is 14.1. The number of hydrogen-bond donors (Lipinski definition) is 1. The molecule has 1 amide bonds. The molecule has 0 saturated heterocycles. The van der Waals surface area contributed by atoms with E-state index in [2.05, 4.69) is 27.9 Å². The van der Waals surface area contributed by atoms with Crippen LogP contribution in [0.1, 0.15) is 5.56 Å². The van der Waals surface area contributed by atoms with E-state index in [0.29, 0.717) is 18.9 Å². The normalized spacial score (nSPS) is 10.1. The van der Waals surface area contributed by atoms with Crippen molar-refractivity contribution >= 4 is 28.5 Å². The van der Waals surface area contributed by atoms with E-state index >= 15 is 0 Å². The second-order valence-electron chi connectivity index (χ2n) is 4.73. The average Bonchev–Trinajstić information content (AvgIpc) is 2.51. The summed E-state index contributed by atoms with van der Waals surface area (Å²) in [5, 5.41) is 2.77. The summed E-state index contributed by atoms with van der Waals surface area (Å²) in [5.41, 5.74) is 1.15. The van der Waals surface area contributed by atoms with Gasteiger partial charge in [-0.1, -0.05) is 24.3 Å². The van der Waals surface area contributed by atoms with Gasteiger partial charge >= 0.3 is 0 Å². The Morgan fingerprint density at radius 2 is 1.95 bits per heavy atom. The van der Waals surface area contributed by atoms with Crippen molar-refractivity contribution in [1.29, 1.82) is 0 Å². The van der Waals surface area contributed by atoms with Crippen LogP contribution in [0, 0.1) is 10.5 Å². The minimum absolute atomic E-state index is 0.00442. The second kappa shape index (κ2) is 8.63. The van der Waals surface area contributed by atoms with E-state index in [9.17, 15) is 4.79 Å². The van der Waals surface area contributed by atoms with Crippen LogP contribution < -0.4 is 14.8 Å². The maximum absolute atomic E-state index is 11.7. The molecule has 0 atom stereocenters. The molecule has 0 aliphatic heterocycles. The zero-order chi connectivity index (χ0) is 15.8. The summed E-state index contributed by atoms with van der Waals surface area (Å²) in [6.45, 7) is 2.89. The van der Waals surface area contributed by atoms with Crippen molar-refractivity contribution in [1.82, 2.24) is 5.32 Å². The Balaban J connectivity index is 1.65. The minimum Gasteiger partial charge on any atom is -0.492 e. The van der Waals surface area contributed by atoms with E-state index in [1.54, 1.807) is 0 Å². The van der Waals surface area contributed by atoms with Crippen LogP contribution in [-0.2, 0) is 4.79 Å². The van der Waals surface area contributed by atoms with Crippen LogP contribution in [0.2, 0.25) is 0 Å². The third-order valence-corrected chi connectivity index (χ3v) is 3.77. The molecule has 4 nitrogen and oxygen atoms in total. The van der Waals surface area contributed by atoms with Crippen LogP contribution in [0.15, 0.2) is 48.5 Å². The summed E-state index contributed by atoms with van der Waals surface area (Å²) in [6, 6.07) is 15.4. The lowest BCUT2D eigenvalue weighted by Crippen LogP contribution is -2.32. The largest absolute Gasteiger partial charge is 0.492 e. The maximum atomic E-state index is 11.7. The number of amides is 1. The first kappa shape index (κ1) is 16.6. The fourth-order valence-corrected chi connectivity index (χ4v) is 2.36. The molecule has 0 fully saturated rings. The highest BCUT2D eigenvalue weighted by atomic mass is 127. The molecule has 0 aliphatic carbocycles. The molecule has 2 aromatic carbocycles. The Bertz CT molecular complexity index is 631. The molecule has 0 unspecified atom stereocenters. The average molecular weight is 411 g/mol. The molecule has 2 rings (SSSR count). The first-order valence-electron chi connectivity index (χ1n) is 6.98. The lowest BCUT2D eigenvalue weighted by molar-refractivity contribution is -0.123. The number of rotatable bonds is 7. The highest BCUT2D eigenvalue weighted by Crippen LogP contribution is 2.19. The van der Waals surface area contributed by atoms with Crippen LogP contribution in [0.4, 0.5) is 0 Å². The fraction of sp³-hybridized carbons (Fsp3) is 0.235.